The van der Waals surface area contributed by atoms with Gasteiger partial charge in [-0.1, -0.05) is 29.9 Å². The zero-order chi connectivity index (χ0) is 17.8. The number of aromatic nitrogens is 2. The minimum Gasteiger partial charge on any atom is -0.495 e. The average molecular weight is 382 g/mol. The number of benzene rings is 1. The fourth-order valence-corrected chi connectivity index (χ4v) is 3.73. The third-order valence-electron chi connectivity index (χ3n) is 3.97. The summed E-state index contributed by atoms with van der Waals surface area (Å²) in [4.78, 5) is 14.4. The van der Waals surface area contributed by atoms with Crippen molar-refractivity contribution in [3.05, 3.63) is 23.2 Å². The molecule has 0 radical (unpaired) electrons. The lowest BCUT2D eigenvalue weighted by Gasteiger charge is -2.29. The van der Waals surface area contributed by atoms with Gasteiger partial charge in [-0.2, -0.15) is 0 Å². The number of nitrogens with one attached hydrogen (secondary N) is 2. The van der Waals surface area contributed by atoms with Gasteiger partial charge >= 0.3 is 6.03 Å². The molecule has 0 aliphatic carbocycles. The molecule has 0 spiro atoms. The molecule has 2 N–H and O–H groups in total. The Bertz CT molecular complexity index is 754. The molecule has 134 valence electrons. The largest absolute Gasteiger partial charge is 0.495 e. The summed E-state index contributed by atoms with van der Waals surface area (Å²) in [6.07, 6.45) is 2.39. The summed E-state index contributed by atoms with van der Waals surface area (Å²) in [5, 5.41) is 15.5. The molecule has 2 aromatic rings. The topological polar surface area (TPSA) is 79.4 Å². The fourth-order valence-electron chi connectivity index (χ4n) is 2.79. The minimum atomic E-state index is -0.421. The first-order valence-corrected chi connectivity index (χ1v) is 9.24. The molecular weight excluding hydrogens is 362 g/mol. The lowest BCUT2D eigenvalue weighted by Crippen LogP contribution is -2.34. The van der Waals surface area contributed by atoms with Crippen molar-refractivity contribution in [2.75, 3.05) is 35.7 Å². The number of piperidine rings is 1. The number of carbonyl (C=O) groups excluding carboxylic acids is 1. The number of urea groups is 1. The van der Waals surface area contributed by atoms with Crippen LogP contribution in [0.5, 0.6) is 5.75 Å². The van der Waals surface area contributed by atoms with Crippen molar-refractivity contribution in [3.63, 3.8) is 0 Å². The number of amides is 2. The Kier molecular flexibility index (Phi) is 5.60. The van der Waals surface area contributed by atoms with Gasteiger partial charge in [-0.15, -0.1) is 10.2 Å². The van der Waals surface area contributed by atoms with Crippen LogP contribution in [0.15, 0.2) is 18.2 Å². The molecule has 1 atom stereocenters. The van der Waals surface area contributed by atoms with Crippen LogP contribution in [-0.4, -0.2) is 36.4 Å². The molecule has 7 nitrogen and oxygen atoms in total. The van der Waals surface area contributed by atoms with Gasteiger partial charge in [-0.25, -0.2) is 4.79 Å². The van der Waals surface area contributed by atoms with Crippen LogP contribution < -0.4 is 20.3 Å². The van der Waals surface area contributed by atoms with Crippen LogP contribution in [0.3, 0.4) is 0 Å². The molecule has 2 amide bonds. The van der Waals surface area contributed by atoms with Gasteiger partial charge in [0.05, 0.1) is 12.8 Å². The number of carbonyl (C=O) groups is 1. The van der Waals surface area contributed by atoms with Crippen LogP contribution in [0.2, 0.25) is 5.02 Å². The van der Waals surface area contributed by atoms with E-state index in [1.807, 2.05) is 0 Å². The number of ether oxygens (including phenoxy) is 1. The van der Waals surface area contributed by atoms with Crippen molar-refractivity contribution >= 4 is 44.9 Å². The van der Waals surface area contributed by atoms with Crippen molar-refractivity contribution < 1.29 is 9.53 Å². The van der Waals surface area contributed by atoms with E-state index in [-0.39, 0.29) is 0 Å². The number of methoxy groups -OCH3 is 1. The molecule has 2 heterocycles. The summed E-state index contributed by atoms with van der Waals surface area (Å²) in [6.45, 7) is 4.18. The van der Waals surface area contributed by atoms with Crippen molar-refractivity contribution in [2.24, 2.45) is 5.92 Å². The summed E-state index contributed by atoms with van der Waals surface area (Å²) in [5.41, 5.74) is 0.488. The quantitative estimate of drug-likeness (QED) is 0.834. The highest BCUT2D eigenvalue weighted by atomic mass is 35.5. The fraction of sp³-hybridized carbons (Fsp3) is 0.438. The van der Waals surface area contributed by atoms with Crippen molar-refractivity contribution in [1.82, 2.24) is 10.2 Å². The summed E-state index contributed by atoms with van der Waals surface area (Å²) < 4.78 is 5.21. The Balaban J connectivity index is 1.63. The van der Waals surface area contributed by atoms with E-state index in [9.17, 15) is 4.79 Å². The molecule has 0 saturated carbocycles. The minimum absolute atomic E-state index is 0.421. The molecule has 9 heteroatoms. The van der Waals surface area contributed by atoms with E-state index in [2.05, 4.69) is 32.7 Å². The maximum Gasteiger partial charge on any atom is 0.325 e. The maximum atomic E-state index is 12.2. The van der Waals surface area contributed by atoms with Gasteiger partial charge in [0.25, 0.3) is 0 Å². The summed E-state index contributed by atoms with van der Waals surface area (Å²) in [7, 11) is 1.53. The second-order valence-electron chi connectivity index (χ2n) is 6.01. The maximum absolute atomic E-state index is 12.2. The Labute approximate surface area is 155 Å². The highest BCUT2D eigenvalue weighted by Crippen LogP contribution is 2.30. The molecule has 3 rings (SSSR count). The molecule has 0 bridgehead atoms. The molecule has 1 unspecified atom stereocenters. The van der Waals surface area contributed by atoms with Gasteiger partial charge < -0.3 is 15.0 Å². The third-order valence-corrected chi connectivity index (χ3v) is 5.11. The van der Waals surface area contributed by atoms with E-state index < -0.39 is 6.03 Å². The van der Waals surface area contributed by atoms with E-state index in [0.717, 1.165) is 24.6 Å². The third kappa shape index (κ3) is 4.52. The number of anilines is 3. The summed E-state index contributed by atoms with van der Waals surface area (Å²) in [6, 6.07) is 4.59. The smallest absolute Gasteiger partial charge is 0.325 e. The van der Waals surface area contributed by atoms with Gasteiger partial charge in [0.1, 0.15) is 5.75 Å². The van der Waals surface area contributed by atoms with Gasteiger partial charge in [0.2, 0.25) is 10.3 Å². The SMILES string of the molecule is COc1ccc(Cl)cc1NC(=O)Nc1nnc(N2CCCC(C)C2)s1. The van der Waals surface area contributed by atoms with E-state index in [0.29, 0.717) is 27.5 Å². The average Bonchev–Trinajstić information content (AvgIpc) is 3.03. The molecule has 25 heavy (non-hydrogen) atoms. The lowest BCUT2D eigenvalue weighted by molar-refractivity contribution is 0.262. The Morgan fingerprint density at radius 3 is 3.00 bits per heavy atom. The van der Waals surface area contributed by atoms with Crippen molar-refractivity contribution in [3.8, 4) is 5.75 Å². The second-order valence-corrected chi connectivity index (χ2v) is 7.40. The molecule has 1 aliphatic heterocycles. The number of hydrogen-bond donors (Lipinski definition) is 2. The first-order valence-electron chi connectivity index (χ1n) is 8.05. The summed E-state index contributed by atoms with van der Waals surface area (Å²) in [5.74, 6) is 1.17. The monoisotopic (exact) mass is 381 g/mol. The van der Waals surface area contributed by atoms with Gasteiger partial charge in [0.15, 0.2) is 0 Å². The zero-order valence-corrected chi connectivity index (χ0v) is 15.7. The zero-order valence-electron chi connectivity index (χ0n) is 14.1. The normalized spacial score (nSPS) is 17.2. The predicted molar refractivity (Wildman–Crippen MR) is 101 cm³/mol. The van der Waals surface area contributed by atoms with Crippen LogP contribution in [0.4, 0.5) is 20.7 Å². The standard InChI is InChI=1S/C16H20ClN5O2S/c1-10-4-3-7-22(9-10)16-21-20-15(25-16)19-14(23)18-12-8-11(17)5-6-13(12)24-2/h5-6,8,10H,3-4,7,9H2,1-2H3,(H2,18,19,20,23). The number of rotatable bonds is 4. The van der Waals surface area contributed by atoms with E-state index >= 15 is 0 Å². The van der Waals surface area contributed by atoms with Crippen LogP contribution in [-0.2, 0) is 0 Å². The first kappa shape index (κ1) is 17.8. The van der Waals surface area contributed by atoms with E-state index in [1.165, 1.54) is 24.9 Å². The highest BCUT2D eigenvalue weighted by Gasteiger charge is 2.20. The molecular formula is C16H20ClN5O2S. The van der Waals surface area contributed by atoms with Crippen LogP contribution in [0.25, 0.3) is 0 Å². The van der Waals surface area contributed by atoms with Gasteiger partial charge in [-0.3, -0.25) is 5.32 Å². The second kappa shape index (κ2) is 7.88. The molecule has 1 aliphatic rings. The van der Waals surface area contributed by atoms with Gasteiger partial charge in [0, 0.05) is 18.1 Å². The lowest BCUT2D eigenvalue weighted by atomic mass is 10.0. The first-order chi connectivity index (χ1) is 12.0. The van der Waals surface area contributed by atoms with Crippen LogP contribution >= 0.6 is 22.9 Å². The van der Waals surface area contributed by atoms with E-state index in [4.69, 9.17) is 16.3 Å². The highest BCUT2D eigenvalue weighted by molar-refractivity contribution is 7.19. The number of hydrogen-bond acceptors (Lipinski definition) is 6. The van der Waals surface area contributed by atoms with Crippen LogP contribution in [0, 0.1) is 5.92 Å². The predicted octanol–water partition coefficient (Wildman–Crippen LogP) is 4.08. The number of nitrogens with zero attached hydrogens (tertiary/aromatic N) is 3. The molecule has 1 saturated heterocycles. The number of halogens is 1. The Morgan fingerprint density at radius 1 is 1.40 bits per heavy atom. The van der Waals surface area contributed by atoms with E-state index in [1.54, 1.807) is 18.2 Å². The molecule has 1 aromatic heterocycles. The van der Waals surface area contributed by atoms with Crippen molar-refractivity contribution in [2.45, 2.75) is 19.8 Å². The summed E-state index contributed by atoms with van der Waals surface area (Å²) >= 11 is 7.33. The van der Waals surface area contributed by atoms with Crippen LogP contribution in [0.1, 0.15) is 19.8 Å². The molecule has 1 aromatic carbocycles. The molecule has 1 fully saturated rings. The Hall–Kier alpha value is -2.06. The Morgan fingerprint density at radius 2 is 2.24 bits per heavy atom. The van der Waals surface area contributed by atoms with Crippen molar-refractivity contribution in [1.29, 1.82) is 0 Å². The van der Waals surface area contributed by atoms with Gasteiger partial charge in [-0.05, 0) is 37.0 Å².